The fourth-order valence-electron chi connectivity index (χ4n) is 1.32. The first-order chi connectivity index (χ1) is 7.58. The molecule has 0 saturated heterocycles. The highest BCUT2D eigenvalue weighted by atomic mass is 79.9. The molecule has 0 aliphatic heterocycles. The minimum atomic E-state index is -1.11. The Morgan fingerprint density at radius 2 is 1.88 bits per heavy atom. The van der Waals surface area contributed by atoms with Gasteiger partial charge in [0.2, 0.25) is 0 Å². The first-order valence-electron chi connectivity index (χ1n) is 4.46. The standard InChI is InChI=1S/C11H7BrF2O2/c12-10-4-3-9(16-10)11(15)6-1-2-7(13)8(14)5-6/h1-5,11,15H. The molecule has 0 aliphatic rings. The normalized spacial score (nSPS) is 12.8. The van der Waals surface area contributed by atoms with Crippen molar-refractivity contribution in [2.45, 2.75) is 6.10 Å². The van der Waals surface area contributed by atoms with Crippen LogP contribution in [0.4, 0.5) is 8.78 Å². The van der Waals surface area contributed by atoms with Gasteiger partial charge in [-0.2, -0.15) is 0 Å². The average Bonchev–Trinajstić information content (AvgIpc) is 2.68. The Kier molecular flexibility index (Phi) is 3.07. The van der Waals surface area contributed by atoms with Crippen LogP contribution < -0.4 is 0 Å². The number of aliphatic hydroxyl groups is 1. The number of aliphatic hydroxyl groups excluding tert-OH is 1. The van der Waals surface area contributed by atoms with Crippen molar-refractivity contribution in [3.63, 3.8) is 0 Å². The summed E-state index contributed by atoms with van der Waals surface area (Å²) in [6, 6.07) is 6.37. The molecule has 0 fully saturated rings. The van der Waals surface area contributed by atoms with Crippen molar-refractivity contribution in [1.29, 1.82) is 0 Å². The molecule has 0 aliphatic carbocycles. The van der Waals surface area contributed by atoms with Gasteiger partial charge in [-0.25, -0.2) is 8.78 Å². The van der Waals surface area contributed by atoms with Crippen molar-refractivity contribution in [1.82, 2.24) is 0 Å². The van der Waals surface area contributed by atoms with E-state index in [0.717, 1.165) is 12.1 Å². The van der Waals surface area contributed by atoms with E-state index in [1.165, 1.54) is 6.07 Å². The second kappa shape index (κ2) is 4.35. The fraction of sp³-hybridized carbons (Fsp3) is 0.0909. The molecule has 1 atom stereocenters. The molecule has 2 rings (SSSR count). The second-order valence-corrected chi connectivity index (χ2v) is 4.00. The predicted octanol–water partition coefficient (Wildman–Crippen LogP) is 3.40. The molecule has 5 heteroatoms. The molecule has 1 aromatic carbocycles. The lowest BCUT2D eigenvalue weighted by Crippen LogP contribution is -1.99. The highest BCUT2D eigenvalue weighted by Gasteiger charge is 2.16. The van der Waals surface area contributed by atoms with Crippen LogP contribution in [0, 0.1) is 11.6 Å². The fourth-order valence-corrected chi connectivity index (χ4v) is 1.64. The summed E-state index contributed by atoms with van der Waals surface area (Å²) in [5, 5.41) is 9.82. The SMILES string of the molecule is OC(c1ccc(F)c(F)c1)c1ccc(Br)o1. The molecule has 0 bridgehead atoms. The lowest BCUT2D eigenvalue weighted by Gasteiger charge is -2.08. The molecule has 0 radical (unpaired) electrons. The Morgan fingerprint density at radius 1 is 1.12 bits per heavy atom. The van der Waals surface area contributed by atoms with Gasteiger partial charge >= 0.3 is 0 Å². The number of furan rings is 1. The summed E-state index contributed by atoms with van der Waals surface area (Å²) in [7, 11) is 0. The van der Waals surface area contributed by atoms with Gasteiger partial charge in [0.1, 0.15) is 11.9 Å². The maximum atomic E-state index is 12.9. The van der Waals surface area contributed by atoms with Gasteiger partial charge in [-0.15, -0.1) is 0 Å². The van der Waals surface area contributed by atoms with E-state index in [1.54, 1.807) is 12.1 Å². The molecule has 2 aromatic rings. The van der Waals surface area contributed by atoms with E-state index in [-0.39, 0.29) is 11.3 Å². The molecule has 0 spiro atoms. The molecular formula is C11H7BrF2O2. The van der Waals surface area contributed by atoms with Crippen LogP contribution in [0.5, 0.6) is 0 Å². The third-order valence-corrected chi connectivity index (χ3v) is 2.55. The number of rotatable bonds is 2. The van der Waals surface area contributed by atoms with E-state index in [1.807, 2.05) is 0 Å². The van der Waals surface area contributed by atoms with E-state index in [4.69, 9.17) is 4.42 Å². The minimum absolute atomic E-state index is 0.237. The van der Waals surface area contributed by atoms with Crippen molar-refractivity contribution in [3.8, 4) is 0 Å². The van der Waals surface area contributed by atoms with Gasteiger partial charge in [-0.1, -0.05) is 6.07 Å². The Morgan fingerprint density at radius 3 is 2.44 bits per heavy atom. The maximum absolute atomic E-state index is 12.9. The zero-order chi connectivity index (χ0) is 11.7. The zero-order valence-corrected chi connectivity index (χ0v) is 9.54. The quantitative estimate of drug-likeness (QED) is 0.919. The van der Waals surface area contributed by atoms with E-state index >= 15 is 0 Å². The predicted molar refractivity (Wildman–Crippen MR) is 56.8 cm³/mol. The lowest BCUT2D eigenvalue weighted by atomic mass is 10.1. The van der Waals surface area contributed by atoms with Gasteiger partial charge in [0.15, 0.2) is 16.3 Å². The monoisotopic (exact) mass is 288 g/mol. The number of hydrogen-bond acceptors (Lipinski definition) is 2. The molecule has 1 unspecified atom stereocenters. The van der Waals surface area contributed by atoms with Gasteiger partial charge < -0.3 is 9.52 Å². The number of benzene rings is 1. The average molecular weight is 289 g/mol. The van der Waals surface area contributed by atoms with E-state index < -0.39 is 17.7 Å². The van der Waals surface area contributed by atoms with Crippen LogP contribution in [0.2, 0.25) is 0 Å². The Hall–Kier alpha value is -1.20. The van der Waals surface area contributed by atoms with Gasteiger partial charge in [-0.05, 0) is 45.8 Å². The first-order valence-corrected chi connectivity index (χ1v) is 5.25. The van der Waals surface area contributed by atoms with Crippen LogP contribution in [0.25, 0.3) is 0 Å². The van der Waals surface area contributed by atoms with Gasteiger partial charge in [-0.3, -0.25) is 0 Å². The van der Waals surface area contributed by atoms with Crippen molar-refractivity contribution >= 4 is 15.9 Å². The highest BCUT2D eigenvalue weighted by Crippen LogP contribution is 2.26. The summed E-state index contributed by atoms with van der Waals surface area (Å²) in [5.74, 6) is -1.68. The largest absolute Gasteiger partial charge is 0.451 e. The summed E-state index contributed by atoms with van der Waals surface area (Å²) in [6.45, 7) is 0. The minimum Gasteiger partial charge on any atom is -0.451 e. The third kappa shape index (κ3) is 2.15. The molecule has 1 heterocycles. The van der Waals surface area contributed by atoms with E-state index in [0.29, 0.717) is 4.67 Å². The van der Waals surface area contributed by atoms with Crippen LogP contribution in [0.1, 0.15) is 17.4 Å². The van der Waals surface area contributed by atoms with Crippen LogP contribution in [-0.2, 0) is 0 Å². The Labute approximate surface area is 98.6 Å². The lowest BCUT2D eigenvalue weighted by molar-refractivity contribution is 0.187. The van der Waals surface area contributed by atoms with Crippen LogP contribution in [0.15, 0.2) is 39.4 Å². The van der Waals surface area contributed by atoms with Crippen molar-refractivity contribution in [2.75, 3.05) is 0 Å². The highest BCUT2D eigenvalue weighted by molar-refractivity contribution is 9.10. The zero-order valence-electron chi connectivity index (χ0n) is 7.95. The van der Waals surface area contributed by atoms with Gasteiger partial charge in [0.05, 0.1) is 0 Å². The molecule has 0 amide bonds. The summed E-state index contributed by atoms with van der Waals surface area (Å²) in [5.41, 5.74) is 0.237. The Bertz CT molecular complexity index is 510. The maximum Gasteiger partial charge on any atom is 0.169 e. The topological polar surface area (TPSA) is 33.4 Å². The molecule has 84 valence electrons. The number of halogens is 3. The van der Waals surface area contributed by atoms with Crippen molar-refractivity contribution in [2.24, 2.45) is 0 Å². The van der Waals surface area contributed by atoms with Crippen LogP contribution in [0.3, 0.4) is 0 Å². The molecule has 2 nitrogen and oxygen atoms in total. The van der Waals surface area contributed by atoms with Crippen molar-refractivity contribution in [3.05, 3.63) is 58.0 Å². The third-order valence-electron chi connectivity index (χ3n) is 2.12. The van der Waals surface area contributed by atoms with E-state index in [2.05, 4.69) is 15.9 Å². The second-order valence-electron chi connectivity index (χ2n) is 3.22. The van der Waals surface area contributed by atoms with Crippen LogP contribution >= 0.6 is 15.9 Å². The summed E-state index contributed by atoms with van der Waals surface area (Å²) >= 11 is 3.09. The molecule has 1 aromatic heterocycles. The van der Waals surface area contributed by atoms with Crippen LogP contribution in [-0.4, -0.2) is 5.11 Å². The Balaban J connectivity index is 2.33. The smallest absolute Gasteiger partial charge is 0.169 e. The van der Waals surface area contributed by atoms with Crippen molar-refractivity contribution < 1.29 is 18.3 Å². The first kappa shape index (κ1) is 11.3. The summed E-state index contributed by atoms with van der Waals surface area (Å²) < 4.78 is 31.2. The molecule has 1 N–H and O–H groups in total. The molecule has 16 heavy (non-hydrogen) atoms. The summed E-state index contributed by atoms with van der Waals surface area (Å²) in [6.07, 6.45) is -1.11. The van der Waals surface area contributed by atoms with Gasteiger partial charge in [0, 0.05) is 0 Å². The van der Waals surface area contributed by atoms with Gasteiger partial charge in [0.25, 0.3) is 0 Å². The molecular weight excluding hydrogens is 282 g/mol. The summed E-state index contributed by atoms with van der Waals surface area (Å²) in [4.78, 5) is 0. The molecule has 0 saturated carbocycles. The number of hydrogen-bond donors (Lipinski definition) is 1. The van der Waals surface area contributed by atoms with E-state index in [9.17, 15) is 13.9 Å².